The summed E-state index contributed by atoms with van der Waals surface area (Å²) in [5.41, 5.74) is 6.26. The molecule has 150 valence electrons. The van der Waals surface area contributed by atoms with Gasteiger partial charge in [0.15, 0.2) is 6.61 Å². The molecule has 2 aromatic carbocycles. The van der Waals surface area contributed by atoms with Gasteiger partial charge in [-0.05, 0) is 30.7 Å². The molecule has 1 fully saturated rings. The van der Waals surface area contributed by atoms with Gasteiger partial charge >= 0.3 is 5.97 Å². The van der Waals surface area contributed by atoms with Gasteiger partial charge in [0.25, 0.3) is 11.6 Å². The molecule has 2 aromatic rings. The number of non-ortho nitro benzene ring substituents is 1. The van der Waals surface area contributed by atoms with Gasteiger partial charge in [-0.25, -0.2) is 4.79 Å². The molecule has 29 heavy (non-hydrogen) atoms. The minimum Gasteiger partial charge on any atom is -0.452 e. The molecule has 0 aromatic heterocycles. The lowest BCUT2D eigenvalue weighted by atomic mass is 10.1. The number of amides is 2. The highest BCUT2D eigenvalue weighted by Gasteiger charge is 2.22. The Balaban J connectivity index is 1.60. The molecule has 3 rings (SSSR count). The van der Waals surface area contributed by atoms with E-state index in [1.807, 2.05) is 0 Å². The van der Waals surface area contributed by atoms with Crippen LogP contribution in [0.3, 0.4) is 0 Å². The normalized spacial score (nSPS) is 13.2. The molecule has 0 spiro atoms. The Morgan fingerprint density at radius 1 is 1.24 bits per heavy atom. The van der Waals surface area contributed by atoms with Crippen molar-refractivity contribution in [1.82, 2.24) is 0 Å². The topological polar surface area (TPSA) is 145 Å². The number of anilines is 3. The zero-order chi connectivity index (χ0) is 21.0. The monoisotopic (exact) mass is 398 g/mol. The van der Waals surface area contributed by atoms with E-state index < -0.39 is 23.4 Å². The maximum Gasteiger partial charge on any atom is 0.341 e. The molecule has 2 amide bonds. The summed E-state index contributed by atoms with van der Waals surface area (Å²) in [6, 6.07) is 10.1. The number of rotatable bonds is 6. The van der Waals surface area contributed by atoms with Gasteiger partial charge in [-0.3, -0.25) is 19.7 Å². The van der Waals surface area contributed by atoms with Gasteiger partial charge in [-0.15, -0.1) is 0 Å². The van der Waals surface area contributed by atoms with Crippen LogP contribution >= 0.6 is 0 Å². The Hall–Kier alpha value is -3.95. The third-order valence-corrected chi connectivity index (χ3v) is 4.32. The number of ether oxygens (including phenoxy) is 1. The van der Waals surface area contributed by atoms with Crippen LogP contribution in [0, 0.1) is 10.1 Å². The molecule has 1 heterocycles. The number of nitro groups is 1. The summed E-state index contributed by atoms with van der Waals surface area (Å²) in [5.74, 6) is -1.53. The number of nitrogens with one attached hydrogen (secondary N) is 1. The fourth-order valence-electron chi connectivity index (χ4n) is 2.91. The quantitative estimate of drug-likeness (QED) is 0.328. The molecular weight excluding hydrogens is 380 g/mol. The van der Waals surface area contributed by atoms with Crippen molar-refractivity contribution in [2.75, 3.05) is 29.1 Å². The average Bonchev–Trinajstić information content (AvgIpc) is 3.12. The first kappa shape index (κ1) is 19.8. The van der Waals surface area contributed by atoms with Crippen LogP contribution in [-0.2, 0) is 14.3 Å². The molecule has 0 unspecified atom stereocenters. The molecule has 0 radical (unpaired) electrons. The SMILES string of the molecule is Nc1ccc([N+](=O)[O-])cc1C(=O)OCC(=O)Nc1cccc(N2CCCC2=O)c1. The second kappa shape index (κ2) is 8.38. The van der Waals surface area contributed by atoms with Crippen LogP contribution in [-0.4, -0.2) is 35.9 Å². The highest BCUT2D eigenvalue weighted by molar-refractivity contribution is 5.99. The number of benzene rings is 2. The number of nitrogens with two attached hydrogens (primary N) is 1. The standard InChI is InChI=1S/C19H18N4O6/c20-16-7-6-14(23(27)28)10-15(16)19(26)29-11-17(24)21-12-3-1-4-13(9-12)22-8-2-5-18(22)25/h1,3-4,6-7,9-10H,2,5,8,11,20H2,(H,21,24). The number of esters is 1. The largest absolute Gasteiger partial charge is 0.452 e. The average molecular weight is 398 g/mol. The van der Waals surface area contributed by atoms with E-state index in [9.17, 15) is 24.5 Å². The van der Waals surface area contributed by atoms with Gasteiger partial charge < -0.3 is 20.7 Å². The van der Waals surface area contributed by atoms with E-state index in [-0.39, 0.29) is 22.8 Å². The Labute approximate surface area is 165 Å². The zero-order valence-electron chi connectivity index (χ0n) is 15.3. The van der Waals surface area contributed by atoms with Crippen LogP contribution in [0.4, 0.5) is 22.7 Å². The van der Waals surface area contributed by atoms with Crippen molar-refractivity contribution >= 4 is 40.5 Å². The van der Waals surface area contributed by atoms with E-state index in [1.165, 1.54) is 6.07 Å². The number of hydrogen-bond acceptors (Lipinski definition) is 7. The Bertz CT molecular complexity index is 990. The van der Waals surface area contributed by atoms with Crippen molar-refractivity contribution in [2.24, 2.45) is 0 Å². The van der Waals surface area contributed by atoms with Gasteiger partial charge in [-0.1, -0.05) is 6.07 Å². The molecule has 0 saturated carbocycles. The molecular formula is C19H18N4O6. The summed E-state index contributed by atoms with van der Waals surface area (Å²) >= 11 is 0. The van der Waals surface area contributed by atoms with E-state index in [2.05, 4.69) is 5.32 Å². The Morgan fingerprint density at radius 3 is 2.72 bits per heavy atom. The molecule has 1 aliphatic rings. The lowest BCUT2D eigenvalue weighted by Gasteiger charge is -2.16. The van der Waals surface area contributed by atoms with E-state index in [0.717, 1.165) is 18.6 Å². The van der Waals surface area contributed by atoms with Crippen LogP contribution in [0.1, 0.15) is 23.2 Å². The van der Waals surface area contributed by atoms with Gasteiger partial charge in [-0.2, -0.15) is 0 Å². The summed E-state index contributed by atoms with van der Waals surface area (Å²) in [5, 5.41) is 13.4. The van der Waals surface area contributed by atoms with Crippen LogP contribution < -0.4 is 16.0 Å². The minimum atomic E-state index is -0.947. The number of nitrogens with zero attached hydrogens (tertiary/aromatic N) is 2. The second-order valence-corrected chi connectivity index (χ2v) is 6.35. The maximum atomic E-state index is 12.1. The van der Waals surface area contributed by atoms with Gasteiger partial charge in [0.05, 0.1) is 10.5 Å². The van der Waals surface area contributed by atoms with Gasteiger partial charge in [0.1, 0.15) is 0 Å². The summed E-state index contributed by atoms with van der Waals surface area (Å²) in [6.45, 7) is 0.0202. The first-order valence-corrected chi connectivity index (χ1v) is 8.76. The van der Waals surface area contributed by atoms with E-state index in [4.69, 9.17) is 10.5 Å². The summed E-state index contributed by atoms with van der Waals surface area (Å²) in [4.78, 5) is 47.8. The van der Waals surface area contributed by atoms with Crippen LogP contribution in [0.15, 0.2) is 42.5 Å². The van der Waals surface area contributed by atoms with Gasteiger partial charge in [0, 0.05) is 42.2 Å². The number of nitro benzene ring substituents is 1. The molecule has 0 atom stereocenters. The second-order valence-electron chi connectivity index (χ2n) is 6.35. The smallest absolute Gasteiger partial charge is 0.341 e. The third-order valence-electron chi connectivity index (χ3n) is 4.32. The third kappa shape index (κ3) is 4.67. The minimum absolute atomic E-state index is 0.00369. The highest BCUT2D eigenvalue weighted by atomic mass is 16.6. The lowest BCUT2D eigenvalue weighted by molar-refractivity contribution is -0.384. The summed E-state index contributed by atoms with van der Waals surface area (Å²) < 4.78 is 4.91. The number of carbonyl (C=O) groups excluding carboxylic acids is 3. The molecule has 1 aliphatic heterocycles. The number of hydrogen-bond donors (Lipinski definition) is 2. The first-order valence-electron chi connectivity index (χ1n) is 8.76. The van der Waals surface area contributed by atoms with E-state index in [0.29, 0.717) is 24.3 Å². The van der Waals surface area contributed by atoms with E-state index >= 15 is 0 Å². The summed E-state index contributed by atoms with van der Waals surface area (Å²) in [7, 11) is 0. The van der Waals surface area contributed by atoms with Crippen molar-refractivity contribution < 1.29 is 24.0 Å². The summed E-state index contributed by atoms with van der Waals surface area (Å²) in [6.07, 6.45) is 1.28. The van der Waals surface area contributed by atoms with Gasteiger partial charge in [0.2, 0.25) is 5.91 Å². The number of nitrogen functional groups attached to an aromatic ring is 1. The molecule has 10 heteroatoms. The Kier molecular flexibility index (Phi) is 5.72. The highest BCUT2D eigenvalue weighted by Crippen LogP contribution is 2.24. The van der Waals surface area contributed by atoms with Crippen LogP contribution in [0.25, 0.3) is 0 Å². The van der Waals surface area contributed by atoms with E-state index in [1.54, 1.807) is 29.2 Å². The molecule has 10 nitrogen and oxygen atoms in total. The van der Waals surface area contributed by atoms with Crippen molar-refractivity contribution in [3.63, 3.8) is 0 Å². The van der Waals surface area contributed by atoms with Crippen LogP contribution in [0.5, 0.6) is 0 Å². The van der Waals surface area contributed by atoms with Crippen molar-refractivity contribution in [2.45, 2.75) is 12.8 Å². The molecule has 3 N–H and O–H groups in total. The maximum absolute atomic E-state index is 12.1. The molecule has 0 bridgehead atoms. The zero-order valence-corrected chi connectivity index (χ0v) is 15.3. The van der Waals surface area contributed by atoms with Crippen molar-refractivity contribution in [1.29, 1.82) is 0 Å². The molecule has 1 saturated heterocycles. The van der Waals surface area contributed by atoms with Crippen molar-refractivity contribution in [3.05, 3.63) is 58.1 Å². The van der Waals surface area contributed by atoms with Crippen LogP contribution in [0.2, 0.25) is 0 Å². The lowest BCUT2D eigenvalue weighted by Crippen LogP contribution is -2.24. The predicted molar refractivity (Wildman–Crippen MR) is 104 cm³/mol. The fraction of sp³-hybridized carbons (Fsp3) is 0.211. The Morgan fingerprint density at radius 2 is 2.03 bits per heavy atom. The predicted octanol–water partition coefficient (Wildman–Crippen LogP) is 2.10. The first-order chi connectivity index (χ1) is 13.8. The number of carbonyl (C=O) groups is 3. The molecule has 0 aliphatic carbocycles. The van der Waals surface area contributed by atoms with Crippen molar-refractivity contribution in [3.8, 4) is 0 Å². The fourth-order valence-corrected chi connectivity index (χ4v) is 2.91.